The van der Waals surface area contributed by atoms with Crippen LogP contribution in [-0.4, -0.2) is 37.0 Å². The second kappa shape index (κ2) is 9.91. The predicted molar refractivity (Wildman–Crippen MR) is 114 cm³/mol. The Labute approximate surface area is 168 Å². The van der Waals surface area contributed by atoms with Crippen LogP contribution in [-0.2, 0) is 13.1 Å². The van der Waals surface area contributed by atoms with Crippen LogP contribution in [0.3, 0.4) is 0 Å². The van der Waals surface area contributed by atoms with E-state index in [1.807, 2.05) is 24.3 Å². The van der Waals surface area contributed by atoms with Gasteiger partial charge in [0.25, 0.3) is 0 Å². The first kappa shape index (κ1) is 19.9. The quantitative estimate of drug-likeness (QED) is 0.622. The second-order valence-electron chi connectivity index (χ2n) is 7.36. The minimum absolute atomic E-state index is 0.445. The van der Waals surface area contributed by atoms with E-state index in [1.165, 1.54) is 11.1 Å². The van der Waals surface area contributed by atoms with Crippen molar-refractivity contribution in [2.45, 2.75) is 38.9 Å². The van der Waals surface area contributed by atoms with E-state index in [2.05, 4.69) is 57.8 Å². The summed E-state index contributed by atoms with van der Waals surface area (Å²) in [7, 11) is 1.81. The summed E-state index contributed by atoms with van der Waals surface area (Å²) in [6, 6.07) is 18.9. The van der Waals surface area contributed by atoms with E-state index in [4.69, 9.17) is 5.26 Å². The van der Waals surface area contributed by atoms with E-state index in [-0.39, 0.29) is 0 Å². The molecular formula is C23H29N5. The summed E-state index contributed by atoms with van der Waals surface area (Å²) >= 11 is 0. The summed E-state index contributed by atoms with van der Waals surface area (Å²) in [5.74, 6) is 0.835. The molecule has 2 aromatic carbocycles. The molecule has 3 rings (SSSR count). The van der Waals surface area contributed by atoms with Crippen molar-refractivity contribution in [1.82, 2.24) is 15.5 Å². The summed E-state index contributed by atoms with van der Waals surface area (Å²) < 4.78 is 0. The van der Waals surface area contributed by atoms with Gasteiger partial charge in [-0.05, 0) is 48.6 Å². The molecule has 0 amide bonds. The van der Waals surface area contributed by atoms with Crippen molar-refractivity contribution in [2.24, 2.45) is 4.99 Å². The minimum Gasteiger partial charge on any atom is -0.354 e. The molecule has 0 aliphatic carbocycles. The van der Waals surface area contributed by atoms with Crippen LogP contribution in [0.25, 0.3) is 0 Å². The fourth-order valence-electron chi connectivity index (χ4n) is 3.53. The van der Waals surface area contributed by atoms with Gasteiger partial charge in [-0.2, -0.15) is 5.26 Å². The Balaban J connectivity index is 1.43. The fraction of sp³-hybridized carbons (Fsp3) is 0.391. The Hall–Kier alpha value is -2.84. The van der Waals surface area contributed by atoms with E-state index < -0.39 is 0 Å². The Morgan fingerprint density at radius 3 is 2.50 bits per heavy atom. The molecule has 0 atom stereocenters. The number of aliphatic imine (C=N–C) groups is 1. The zero-order valence-corrected chi connectivity index (χ0v) is 16.8. The summed E-state index contributed by atoms with van der Waals surface area (Å²) in [4.78, 5) is 6.89. The average Bonchev–Trinajstić information content (AvgIpc) is 2.74. The van der Waals surface area contributed by atoms with Crippen LogP contribution >= 0.6 is 0 Å². The third kappa shape index (κ3) is 5.58. The molecule has 0 unspecified atom stereocenters. The highest BCUT2D eigenvalue weighted by Crippen LogP contribution is 2.16. The van der Waals surface area contributed by atoms with Gasteiger partial charge in [-0.15, -0.1) is 0 Å². The maximum atomic E-state index is 8.88. The van der Waals surface area contributed by atoms with Gasteiger partial charge in [-0.3, -0.25) is 9.89 Å². The lowest BCUT2D eigenvalue weighted by molar-refractivity contribution is 0.198. The normalized spacial score (nSPS) is 15.8. The number of nitriles is 1. The number of nitrogens with one attached hydrogen (secondary N) is 2. The molecule has 1 aliphatic heterocycles. The van der Waals surface area contributed by atoms with Gasteiger partial charge in [0.2, 0.25) is 0 Å². The lowest BCUT2D eigenvalue weighted by atomic mass is 10.0. The van der Waals surface area contributed by atoms with Gasteiger partial charge in [-0.1, -0.05) is 36.4 Å². The number of piperidine rings is 1. The summed E-state index contributed by atoms with van der Waals surface area (Å²) in [6.45, 7) is 6.10. The van der Waals surface area contributed by atoms with Crippen molar-refractivity contribution >= 4 is 5.96 Å². The third-order valence-corrected chi connectivity index (χ3v) is 5.35. The van der Waals surface area contributed by atoms with E-state index in [1.54, 1.807) is 7.05 Å². The Morgan fingerprint density at radius 2 is 1.86 bits per heavy atom. The first-order chi connectivity index (χ1) is 13.7. The number of hydrogen-bond acceptors (Lipinski definition) is 3. The molecule has 1 saturated heterocycles. The lowest BCUT2D eigenvalue weighted by Crippen LogP contribution is -2.48. The van der Waals surface area contributed by atoms with Crippen LogP contribution in [0.2, 0.25) is 0 Å². The highest BCUT2D eigenvalue weighted by Gasteiger charge is 2.20. The molecule has 0 saturated carbocycles. The van der Waals surface area contributed by atoms with Gasteiger partial charge in [0, 0.05) is 39.3 Å². The van der Waals surface area contributed by atoms with Crippen LogP contribution in [0.4, 0.5) is 0 Å². The number of guanidine groups is 1. The number of hydrogen-bond donors (Lipinski definition) is 2. The zero-order valence-electron chi connectivity index (χ0n) is 16.8. The molecule has 2 aromatic rings. The number of likely N-dealkylation sites (tertiary alicyclic amines) is 1. The second-order valence-corrected chi connectivity index (χ2v) is 7.36. The van der Waals surface area contributed by atoms with Crippen molar-refractivity contribution in [3.05, 3.63) is 70.8 Å². The van der Waals surface area contributed by atoms with Gasteiger partial charge in [0.05, 0.1) is 11.6 Å². The highest BCUT2D eigenvalue weighted by atomic mass is 15.2. The van der Waals surface area contributed by atoms with Gasteiger partial charge in [0.1, 0.15) is 0 Å². The molecule has 0 spiro atoms. The number of rotatable bonds is 5. The smallest absolute Gasteiger partial charge is 0.191 e. The molecule has 0 bridgehead atoms. The van der Waals surface area contributed by atoms with Crippen LogP contribution in [0, 0.1) is 18.3 Å². The van der Waals surface area contributed by atoms with Crippen molar-refractivity contribution in [2.75, 3.05) is 20.1 Å². The predicted octanol–water partition coefficient (Wildman–Crippen LogP) is 3.20. The molecule has 1 fully saturated rings. The summed E-state index contributed by atoms with van der Waals surface area (Å²) in [5.41, 5.74) is 4.61. The van der Waals surface area contributed by atoms with E-state index in [9.17, 15) is 0 Å². The van der Waals surface area contributed by atoms with Crippen LogP contribution in [0.15, 0.2) is 53.5 Å². The number of aryl methyl sites for hydroxylation is 1. The topological polar surface area (TPSA) is 63.5 Å². The van der Waals surface area contributed by atoms with Crippen molar-refractivity contribution in [3.8, 4) is 6.07 Å². The molecule has 1 aliphatic rings. The van der Waals surface area contributed by atoms with Crippen LogP contribution in [0.5, 0.6) is 0 Å². The molecular weight excluding hydrogens is 346 g/mol. The van der Waals surface area contributed by atoms with Crippen molar-refractivity contribution in [1.29, 1.82) is 5.26 Å². The monoisotopic (exact) mass is 375 g/mol. The Bertz CT molecular complexity index is 827. The highest BCUT2D eigenvalue weighted by molar-refractivity contribution is 5.79. The first-order valence-corrected chi connectivity index (χ1v) is 9.91. The van der Waals surface area contributed by atoms with Gasteiger partial charge < -0.3 is 10.6 Å². The van der Waals surface area contributed by atoms with Gasteiger partial charge in [-0.25, -0.2) is 0 Å². The van der Waals surface area contributed by atoms with Gasteiger partial charge in [0.15, 0.2) is 5.96 Å². The molecule has 5 nitrogen and oxygen atoms in total. The van der Waals surface area contributed by atoms with E-state index in [0.29, 0.717) is 18.2 Å². The van der Waals surface area contributed by atoms with Gasteiger partial charge >= 0.3 is 0 Å². The Kier molecular flexibility index (Phi) is 7.05. The lowest BCUT2D eigenvalue weighted by Gasteiger charge is -2.33. The summed E-state index contributed by atoms with van der Waals surface area (Å²) in [6.07, 6.45) is 2.23. The molecule has 2 N–H and O–H groups in total. The third-order valence-electron chi connectivity index (χ3n) is 5.35. The minimum atomic E-state index is 0.445. The number of benzene rings is 2. The standard InChI is InChI=1S/C23H29N5/c1-18-5-3-4-6-21(18)17-28-13-11-22(12-14-28)27-23(25-2)26-16-20-9-7-19(15-24)8-10-20/h3-10,22H,11-14,16-17H2,1-2H3,(H2,25,26,27). The van der Waals surface area contributed by atoms with Crippen LogP contribution < -0.4 is 10.6 Å². The summed E-state index contributed by atoms with van der Waals surface area (Å²) in [5, 5.41) is 15.8. The SMILES string of the molecule is CN=C(NCc1ccc(C#N)cc1)NC1CCN(Cc2ccccc2C)CC1. The van der Waals surface area contributed by atoms with Crippen molar-refractivity contribution < 1.29 is 0 Å². The maximum Gasteiger partial charge on any atom is 0.191 e. The Morgan fingerprint density at radius 1 is 1.14 bits per heavy atom. The van der Waals surface area contributed by atoms with E-state index in [0.717, 1.165) is 44.0 Å². The largest absolute Gasteiger partial charge is 0.354 e. The first-order valence-electron chi connectivity index (χ1n) is 9.91. The average molecular weight is 376 g/mol. The molecule has 0 radical (unpaired) electrons. The van der Waals surface area contributed by atoms with Crippen molar-refractivity contribution in [3.63, 3.8) is 0 Å². The molecule has 0 aromatic heterocycles. The van der Waals surface area contributed by atoms with E-state index >= 15 is 0 Å². The molecule has 1 heterocycles. The molecule has 146 valence electrons. The fourth-order valence-corrected chi connectivity index (χ4v) is 3.53. The molecule has 28 heavy (non-hydrogen) atoms. The number of nitrogens with zero attached hydrogens (tertiary/aromatic N) is 3. The van der Waals surface area contributed by atoms with Crippen LogP contribution in [0.1, 0.15) is 35.1 Å². The zero-order chi connectivity index (χ0) is 19.8. The molecule has 5 heteroatoms. The maximum absolute atomic E-state index is 8.88.